The van der Waals surface area contributed by atoms with Gasteiger partial charge in [-0.2, -0.15) is 0 Å². The molecule has 0 spiro atoms. The van der Waals surface area contributed by atoms with E-state index in [0.29, 0.717) is 13.1 Å². The second-order valence-corrected chi connectivity index (χ2v) is 6.90. The molecule has 2 amide bonds. The second kappa shape index (κ2) is 8.85. The molecule has 1 heterocycles. The topological polar surface area (TPSA) is 75.9 Å². The highest BCUT2D eigenvalue weighted by Crippen LogP contribution is 2.21. The van der Waals surface area contributed by atoms with Gasteiger partial charge in [-0.1, -0.05) is 30.3 Å². The highest BCUT2D eigenvalue weighted by molar-refractivity contribution is 5.81. The molecule has 0 radical (unpaired) electrons. The van der Waals surface area contributed by atoms with Crippen LogP contribution >= 0.6 is 0 Å². The van der Waals surface area contributed by atoms with Gasteiger partial charge in [-0.15, -0.1) is 0 Å². The molecule has 1 fully saturated rings. The summed E-state index contributed by atoms with van der Waals surface area (Å²) in [6, 6.07) is 9.10. The Balaban J connectivity index is 1.96. The molecule has 0 aliphatic carbocycles. The Labute approximate surface area is 149 Å². The van der Waals surface area contributed by atoms with E-state index < -0.39 is 6.04 Å². The summed E-state index contributed by atoms with van der Waals surface area (Å²) >= 11 is 0. The van der Waals surface area contributed by atoms with Crippen LogP contribution in [0, 0.1) is 0 Å². The predicted octanol–water partition coefficient (Wildman–Crippen LogP) is 2.37. The van der Waals surface area contributed by atoms with E-state index in [9.17, 15) is 9.59 Å². The Hall–Kier alpha value is -2.08. The molecule has 2 N–H and O–H groups in total. The quantitative estimate of drug-likeness (QED) is 0.857. The molecule has 1 aromatic carbocycles. The summed E-state index contributed by atoms with van der Waals surface area (Å²) in [5, 5.41) is 0. The van der Waals surface area contributed by atoms with Crippen molar-refractivity contribution in [2.75, 3.05) is 13.1 Å². The second-order valence-electron chi connectivity index (χ2n) is 6.90. The summed E-state index contributed by atoms with van der Waals surface area (Å²) in [6.07, 6.45) is 1.47. The molecule has 0 saturated carbocycles. The van der Waals surface area contributed by atoms with Crippen molar-refractivity contribution in [2.24, 2.45) is 5.73 Å². The standard InChI is InChI=1S/C19H29N3O3/c1-14(2)22(18(23)15(3)20)12-17-10-7-11-21(17)19(24)25-13-16-8-5-4-6-9-16/h4-6,8-9,14-15,17H,7,10-13,20H2,1-3H3. The van der Waals surface area contributed by atoms with E-state index in [-0.39, 0.29) is 30.7 Å². The summed E-state index contributed by atoms with van der Waals surface area (Å²) in [5.74, 6) is -0.0838. The Morgan fingerprint density at radius 2 is 1.96 bits per heavy atom. The number of benzene rings is 1. The van der Waals surface area contributed by atoms with Gasteiger partial charge >= 0.3 is 6.09 Å². The Morgan fingerprint density at radius 1 is 1.28 bits per heavy atom. The first-order chi connectivity index (χ1) is 11.9. The van der Waals surface area contributed by atoms with Crippen LogP contribution in [0.2, 0.25) is 0 Å². The fourth-order valence-corrected chi connectivity index (χ4v) is 3.11. The van der Waals surface area contributed by atoms with Gasteiger partial charge in [0.1, 0.15) is 6.61 Å². The Bertz CT molecular complexity index is 575. The molecule has 2 atom stereocenters. The van der Waals surface area contributed by atoms with Crippen LogP contribution in [0.4, 0.5) is 4.79 Å². The lowest BCUT2D eigenvalue weighted by atomic mass is 10.1. The molecule has 6 nitrogen and oxygen atoms in total. The molecular weight excluding hydrogens is 318 g/mol. The van der Waals surface area contributed by atoms with Gasteiger partial charge in [0.05, 0.1) is 12.1 Å². The molecule has 138 valence electrons. The van der Waals surface area contributed by atoms with Gasteiger partial charge in [-0.3, -0.25) is 4.79 Å². The summed E-state index contributed by atoms with van der Waals surface area (Å²) in [7, 11) is 0. The molecular formula is C19H29N3O3. The maximum absolute atomic E-state index is 12.5. The van der Waals surface area contributed by atoms with Crippen LogP contribution in [0.25, 0.3) is 0 Å². The first-order valence-electron chi connectivity index (χ1n) is 8.93. The highest BCUT2D eigenvalue weighted by Gasteiger charge is 2.33. The molecule has 2 unspecified atom stereocenters. The lowest BCUT2D eigenvalue weighted by molar-refractivity contribution is -0.134. The monoisotopic (exact) mass is 347 g/mol. The van der Waals surface area contributed by atoms with Crippen LogP contribution in [0.1, 0.15) is 39.2 Å². The maximum atomic E-state index is 12.5. The number of carbonyl (C=O) groups is 2. The molecule has 2 rings (SSSR count). The van der Waals surface area contributed by atoms with Crippen LogP contribution in [-0.4, -0.2) is 53.0 Å². The van der Waals surface area contributed by atoms with E-state index in [2.05, 4.69) is 0 Å². The Kier molecular flexibility index (Phi) is 6.82. The number of ether oxygens (including phenoxy) is 1. The summed E-state index contributed by atoms with van der Waals surface area (Å²) in [6.45, 7) is 7.05. The van der Waals surface area contributed by atoms with Crippen LogP contribution in [0.5, 0.6) is 0 Å². The van der Waals surface area contributed by atoms with Crippen molar-refractivity contribution < 1.29 is 14.3 Å². The minimum absolute atomic E-state index is 0.0200. The number of carbonyl (C=O) groups excluding carboxylic acids is 2. The number of amides is 2. The first kappa shape index (κ1) is 19.2. The normalized spacial score (nSPS) is 18.3. The van der Waals surface area contributed by atoms with Crippen molar-refractivity contribution in [3.05, 3.63) is 35.9 Å². The van der Waals surface area contributed by atoms with Crippen molar-refractivity contribution in [1.82, 2.24) is 9.80 Å². The summed E-state index contributed by atoms with van der Waals surface area (Å²) in [4.78, 5) is 28.3. The van der Waals surface area contributed by atoms with Crippen molar-refractivity contribution >= 4 is 12.0 Å². The minimum atomic E-state index is -0.540. The van der Waals surface area contributed by atoms with Crippen LogP contribution in [-0.2, 0) is 16.1 Å². The first-order valence-corrected chi connectivity index (χ1v) is 8.93. The fraction of sp³-hybridized carbons (Fsp3) is 0.579. The molecule has 25 heavy (non-hydrogen) atoms. The number of rotatable bonds is 6. The molecule has 1 aliphatic heterocycles. The lowest BCUT2D eigenvalue weighted by Gasteiger charge is -2.34. The highest BCUT2D eigenvalue weighted by atomic mass is 16.6. The van der Waals surface area contributed by atoms with Crippen LogP contribution < -0.4 is 5.73 Å². The van der Waals surface area contributed by atoms with Gasteiger partial charge in [0.25, 0.3) is 0 Å². The fourth-order valence-electron chi connectivity index (χ4n) is 3.11. The van der Waals surface area contributed by atoms with Gasteiger partial charge in [0.2, 0.25) is 5.91 Å². The molecule has 1 aliphatic rings. The van der Waals surface area contributed by atoms with Gasteiger partial charge in [0, 0.05) is 19.1 Å². The number of likely N-dealkylation sites (tertiary alicyclic amines) is 1. The Morgan fingerprint density at radius 3 is 2.56 bits per heavy atom. The zero-order chi connectivity index (χ0) is 18.4. The van der Waals surface area contributed by atoms with E-state index in [4.69, 9.17) is 10.5 Å². The SMILES string of the molecule is CC(N)C(=O)N(CC1CCCN1C(=O)OCc1ccccc1)C(C)C. The van der Waals surface area contributed by atoms with Crippen molar-refractivity contribution in [3.63, 3.8) is 0 Å². The average molecular weight is 347 g/mol. The number of hydrogen-bond acceptors (Lipinski definition) is 4. The van der Waals surface area contributed by atoms with Gasteiger partial charge in [0.15, 0.2) is 0 Å². The summed E-state index contributed by atoms with van der Waals surface area (Å²) in [5.41, 5.74) is 6.72. The van der Waals surface area contributed by atoms with E-state index in [1.807, 2.05) is 44.2 Å². The third-order valence-corrected chi connectivity index (χ3v) is 4.52. The van der Waals surface area contributed by atoms with Crippen molar-refractivity contribution in [2.45, 2.75) is 58.3 Å². The molecule has 6 heteroatoms. The zero-order valence-corrected chi connectivity index (χ0v) is 15.4. The number of hydrogen-bond donors (Lipinski definition) is 1. The van der Waals surface area contributed by atoms with E-state index in [1.165, 1.54) is 0 Å². The summed E-state index contributed by atoms with van der Waals surface area (Å²) < 4.78 is 5.45. The lowest BCUT2D eigenvalue weighted by Crippen LogP contribution is -2.51. The molecule has 1 aromatic rings. The third-order valence-electron chi connectivity index (χ3n) is 4.52. The van der Waals surface area contributed by atoms with Crippen molar-refractivity contribution in [1.29, 1.82) is 0 Å². The smallest absolute Gasteiger partial charge is 0.410 e. The van der Waals surface area contributed by atoms with E-state index in [0.717, 1.165) is 18.4 Å². The molecule has 0 bridgehead atoms. The zero-order valence-electron chi connectivity index (χ0n) is 15.4. The van der Waals surface area contributed by atoms with Crippen LogP contribution in [0.3, 0.4) is 0 Å². The van der Waals surface area contributed by atoms with E-state index >= 15 is 0 Å². The van der Waals surface area contributed by atoms with Gasteiger partial charge in [-0.25, -0.2) is 4.79 Å². The van der Waals surface area contributed by atoms with Gasteiger partial charge < -0.3 is 20.3 Å². The molecule has 0 aromatic heterocycles. The number of nitrogens with two attached hydrogens (primary N) is 1. The minimum Gasteiger partial charge on any atom is -0.445 e. The number of nitrogens with zero attached hydrogens (tertiary/aromatic N) is 2. The molecule has 1 saturated heterocycles. The van der Waals surface area contributed by atoms with Crippen LogP contribution in [0.15, 0.2) is 30.3 Å². The predicted molar refractivity (Wildman–Crippen MR) is 96.9 cm³/mol. The maximum Gasteiger partial charge on any atom is 0.410 e. The average Bonchev–Trinajstić information content (AvgIpc) is 3.06. The largest absolute Gasteiger partial charge is 0.445 e. The van der Waals surface area contributed by atoms with E-state index in [1.54, 1.807) is 16.7 Å². The third kappa shape index (κ3) is 5.19. The van der Waals surface area contributed by atoms with Gasteiger partial charge in [-0.05, 0) is 39.2 Å². The van der Waals surface area contributed by atoms with Crippen molar-refractivity contribution in [3.8, 4) is 0 Å².